The van der Waals surface area contributed by atoms with Crippen LogP contribution in [-0.4, -0.2) is 22.3 Å². The van der Waals surface area contributed by atoms with Gasteiger partial charge in [-0.2, -0.15) is 0 Å². The van der Waals surface area contributed by atoms with Crippen molar-refractivity contribution >= 4 is 5.91 Å². The lowest BCUT2D eigenvalue weighted by Gasteiger charge is -2.24. The van der Waals surface area contributed by atoms with Gasteiger partial charge in [-0.05, 0) is 37.0 Å². The Kier molecular flexibility index (Phi) is 2.71. The predicted octanol–water partition coefficient (Wildman–Crippen LogP) is 2.07. The summed E-state index contributed by atoms with van der Waals surface area (Å²) in [5.74, 6) is 0.175. The Labute approximate surface area is 90.1 Å². The first kappa shape index (κ1) is 10.1. The van der Waals surface area contributed by atoms with E-state index in [-0.39, 0.29) is 11.9 Å². The largest absolute Gasteiger partial charge is 0.336 e. The quantitative estimate of drug-likeness (QED) is 0.701. The lowest BCUT2D eigenvalue weighted by molar-refractivity contribution is -0.129. The van der Waals surface area contributed by atoms with Crippen molar-refractivity contribution in [3.8, 4) is 0 Å². The van der Waals surface area contributed by atoms with Gasteiger partial charge in [0.05, 0.1) is 6.04 Å². The first-order valence-electron chi connectivity index (χ1n) is 5.38. The third kappa shape index (κ3) is 1.87. The van der Waals surface area contributed by atoms with Crippen LogP contribution in [-0.2, 0) is 4.79 Å². The van der Waals surface area contributed by atoms with Crippen molar-refractivity contribution in [2.75, 3.05) is 6.54 Å². The van der Waals surface area contributed by atoms with Gasteiger partial charge in [0.2, 0.25) is 5.91 Å². The molecule has 1 aliphatic rings. The summed E-state index contributed by atoms with van der Waals surface area (Å²) in [6, 6.07) is 2.30. The maximum atomic E-state index is 11.5. The maximum absolute atomic E-state index is 11.5. The molecule has 0 aromatic carbocycles. The molecule has 1 aromatic heterocycles. The van der Waals surface area contributed by atoms with Crippen LogP contribution in [0.1, 0.15) is 36.9 Å². The Morgan fingerprint density at radius 3 is 3.07 bits per heavy atom. The standard InChI is InChI=1S/C12H16N2O/c1-9-8-13-6-5-11(9)12-4-3-7-14(12)10(2)15/h5-6,8,12H,3-4,7H2,1-2H3/t12-/m1/s1. The van der Waals surface area contributed by atoms with Crippen LogP contribution in [0.25, 0.3) is 0 Å². The summed E-state index contributed by atoms with van der Waals surface area (Å²) in [6.07, 6.45) is 5.85. The normalized spacial score (nSPS) is 20.7. The number of likely N-dealkylation sites (tertiary alicyclic amines) is 1. The Morgan fingerprint density at radius 1 is 1.60 bits per heavy atom. The molecule has 0 unspecified atom stereocenters. The Balaban J connectivity index is 2.30. The molecule has 1 aromatic rings. The van der Waals surface area contributed by atoms with E-state index in [1.165, 1.54) is 11.1 Å². The molecular weight excluding hydrogens is 188 g/mol. The summed E-state index contributed by atoms with van der Waals surface area (Å²) in [6.45, 7) is 4.59. The van der Waals surface area contributed by atoms with Crippen molar-refractivity contribution in [3.05, 3.63) is 29.6 Å². The van der Waals surface area contributed by atoms with Crippen molar-refractivity contribution in [2.24, 2.45) is 0 Å². The second-order valence-corrected chi connectivity index (χ2v) is 4.10. The molecule has 1 amide bonds. The summed E-state index contributed by atoms with van der Waals surface area (Å²) in [4.78, 5) is 17.5. The Morgan fingerprint density at radius 2 is 2.40 bits per heavy atom. The van der Waals surface area contributed by atoms with Crippen LogP contribution in [0.2, 0.25) is 0 Å². The molecule has 0 radical (unpaired) electrons. The summed E-state index contributed by atoms with van der Waals surface area (Å²) in [7, 11) is 0. The number of amides is 1. The number of hydrogen-bond donors (Lipinski definition) is 0. The second-order valence-electron chi connectivity index (χ2n) is 4.10. The molecule has 2 rings (SSSR count). The minimum Gasteiger partial charge on any atom is -0.336 e. The Hall–Kier alpha value is -1.38. The molecule has 1 fully saturated rings. The fourth-order valence-corrected chi connectivity index (χ4v) is 2.32. The predicted molar refractivity (Wildman–Crippen MR) is 58.3 cm³/mol. The summed E-state index contributed by atoms with van der Waals surface area (Å²) in [5.41, 5.74) is 2.42. The van der Waals surface area contributed by atoms with E-state index in [4.69, 9.17) is 0 Å². The highest BCUT2D eigenvalue weighted by molar-refractivity contribution is 5.74. The molecule has 0 saturated carbocycles. The molecule has 15 heavy (non-hydrogen) atoms. The van der Waals surface area contributed by atoms with E-state index >= 15 is 0 Å². The van der Waals surface area contributed by atoms with Gasteiger partial charge >= 0.3 is 0 Å². The molecule has 0 aliphatic carbocycles. The molecule has 1 atom stereocenters. The third-order valence-corrected chi connectivity index (χ3v) is 3.08. The van der Waals surface area contributed by atoms with E-state index in [1.807, 2.05) is 17.2 Å². The van der Waals surface area contributed by atoms with Crippen LogP contribution in [0.4, 0.5) is 0 Å². The van der Waals surface area contributed by atoms with Crippen molar-refractivity contribution in [2.45, 2.75) is 32.7 Å². The van der Waals surface area contributed by atoms with Crippen LogP contribution in [0.5, 0.6) is 0 Å². The maximum Gasteiger partial charge on any atom is 0.219 e. The number of carbonyl (C=O) groups is 1. The zero-order valence-corrected chi connectivity index (χ0v) is 9.23. The number of rotatable bonds is 1. The van der Waals surface area contributed by atoms with E-state index in [0.717, 1.165) is 19.4 Å². The minimum atomic E-state index is 0.175. The highest BCUT2D eigenvalue weighted by atomic mass is 16.2. The summed E-state index contributed by atoms with van der Waals surface area (Å²) in [5, 5.41) is 0. The molecule has 0 spiro atoms. The number of pyridine rings is 1. The SMILES string of the molecule is CC(=O)N1CCC[C@@H]1c1ccncc1C. The molecular formula is C12H16N2O. The highest BCUT2D eigenvalue weighted by Gasteiger charge is 2.28. The highest BCUT2D eigenvalue weighted by Crippen LogP contribution is 2.32. The van der Waals surface area contributed by atoms with Gasteiger partial charge in [0.1, 0.15) is 0 Å². The molecule has 2 heterocycles. The molecule has 0 N–H and O–H groups in total. The van der Waals surface area contributed by atoms with Crippen LogP contribution in [0, 0.1) is 6.92 Å². The fourth-order valence-electron chi connectivity index (χ4n) is 2.32. The van der Waals surface area contributed by atoms with E-state index in [1.54, 1.807) is 13.1 Å². The number of aryl methyl sites for hydroxylation is 1. The van der Waals surface area contributed by atoms with E-state index < -0.39 is 0 Å². The smallest absolute Gasteiger partial charge is 0.219 e. The zero-order valence-electron chi connectivity index (χ0n) is 9.23. The first-order valence-corrected chi connectivity index (χ1v) is 5.38. The molecule has 80 valence electrons. The zero-order chi connectivity index (χ0) is 10.8. The van der Waals surface area contributed by atoms with Crippen LogP contribution in [0.15, 0.2) is 18.5 Å². The average Bonchev–Trinajstić information content (AvgIpc) is 2.67. The summed E-state index contributed by atoms with van der Waals surface area (Å²) < 4.78 is 0. The second kappa shape index (κ2) is 4.01. The van der Waals surface area contributed by atoms with Crippen molar-refractivity contribution in [3.63, 3.8) is 0 Å². The first-order chi connectivity index (χ1) is 7.20. The number of carbonyl (C=O) groups excluding carboxylic acids is 1. The topological polar surface area (TPSA) is 33.2 Å². The van der Waals surface area contributed by atoms with Gasteiger partial charge in [-0.15, -0.1) is 0 Å². The van der Waals surface area contributed by atoms with Crippen LogP contribution >= 0.6 is 0 Å². The third-order valence-electron chi connectivity index (χ3n) is 3.08. The van der Waals surface area contributed by atoms with Crippen molar-refractivity contribution < 1.29 is 4.79 Å². The fraction of sp³-hybridized carbons (Fsp3) is 0.500. The Bertz CT molecular complexity index is 376. The van der Waals surface area contributed by atoms with Gasteiger partial charge in [-0.1, -0.05) is 0 Å². The van der Waals surface area contributed by atoms with E-state index in [9.17, 15) is 4.79 Å². The lowest BCUT2D eigenvalue weighted by Crippen LogP contribution is -2.28. The van der Waals surface area contributed by atoms with E-state index in [0.29, 0.717) is 0 Å². The van der Waals surface area contributed by atoms with Gasteiger partial charge in [0.25, 0.3) is 0 Å². The van der Waals surface area contributed by atoms with Crippen LogP contribution in [0.3, 0.4) is 0 Å². The molecule has 3 nitrogen and oxygen atoms in total. The molecule has 0 bridgehead atoms. The number of hydrogen-bond acceptors (Lipinski definition) is 2. The van der Waals surface area contributed by atoms with Gasteiger partial charge in [-0.25, -0.2) is 0 Å². The number of nitrogens with zero attached hydrogens (tertiary/aromatic N) is 2. The van der Waals surface area contributed by atoms with Crippen molar-refractivity contribution in [1.29, 1.82) is 0 Å². The molecule has 1 aliphatic heterocycles. The minimum absolute atomic E-state index is 0.175. The summed E-state index contributed by atoms with van der Waals surface area (Å²) >= 11 is 0. The molecule has 3 heteroatoms. The van der Waals surface area contributed by atoms with Gasteiger partial charge < -0.3 is 4.90 Å². The average molecular weight is 204 g/mol. The van der Waals surface area contributed by atoms with E-state index in [2.05, 4.69) is 11.9 Å². The van der Waals surface area contributed by atoms with Crippen molar-refractivity contribution in [1.82, 2.24) is 9.88 Å². The lowest BCUT2D eigenvalue weighted by atomic mass is 10.0. The van der Waals surface area contributed by atoms with Gasteiger partial charge in [0, 0.05) is 25.9 Å². The van der Waals surface area contributed by atoms with Gasteiger partial charge in [0.15, 0.2) is 0 Å². The molecule has 1 saturated heterocycles. The number of aromatic nitrogens is 1. The van der Waals surface area contributed by atoms with Crippen LogP contribution < -0.4 is 0 Å². The monoisotopic (exact) mass is 204 g/mol. The van der Waals surface area contributed by atoms with Gasteiger partial charge in [-0.3, -0.25) is 9.78 Å².